The molecule has 372 valence electrons. The van der Waals surface area contributed by atoms with Gasteiger partial charge in [-0.15, -0.1) is 10.2 Å². The Balaban J connectivity index is 0.627. The van der Waals surface area contributed by atoms with Crippen molar-refractivity contribution in [3.63, 3.8) is 0 Å². The number of likely N-dealkylation sites (tertiary alicyclic amines) is 1. The van der Waals surface area contributed by atoms with Crippen LogP contribution < -0.4 is 19.4 Å². The van der Waals surface area contributed by atoms with E-state index in [0.29, 0.717) is 46.6 Å². The van der Waals surface area contributed by atoms with Crippen LogP contribution in [0.1, 0.15) is 125 Å². The molecule has 5 aliphatic heterocycles. The van der Waals surface area contributed by atoms with Crippen molar-refractivity contribution in [2.45, 2.75) is 141 Å². The van der Waals surface area contributed by atoms with Gasteiger partial charge in [-0.2, -0.15) is 15.5 Å². The molecule has 0 radical (unpaired) electrons. The lowest BCUT2D eigenvalue weighted by Crippen LogP contribution is -2.51. The van der Waals surface area contributed by atoms with E-state index in [0.717, 1.165) is 107 Å². The summed E-state index contributed by atoms with van der Waals surface area (Å²) in [5.41, 5.74) is 11.2. The molecule has 0 bridgehead atoms. The molecule has 3 saturated heterocycles. The van der Waals surface area contributed by atoms with Crippen LogP contribution in [0.25, 0.3) is 11.1 Å². The van der Waals surface area contributed by atoms with Crippen molar-refractivity contribution in [2.24, 2.45) is 17.9 Å². The molecule has 15 heteroatoms. The third kappa shape index (κ3) is 8.72. The fraction of sp³-hybridized carbons (Fsp3) is 0.571. The van der Waals surface area contributed by atoms with Crippen LogP contribution in [0.2, 0.25) is 5.02 Å². The first kappa shape index (κ1) is 46.4. The largest absolute Gasteiger partial charge is 0.473 e. The summed E-state index contributed by atoms with van der Waals surface area (Å²) in [6.45, 7) is 13.9. The summed E-state index contributed by atoms with van der Waals surface area (Å²) in [5.74, 6) is 2.78. The van der Waals surface area contributed by atoms with Crippen LogP contribution in [-0.4, -0.2) is 109 Å². The van der Waals surface area contributed by atoms with Crippen molar-refractivity contribution in [3.05, 3.63) is 87.8 Å². The summed E-state index contributed by atoms with van der Waals surface area (Å²) in [6, 6.07) is 18.3. The Morgan fingerprint density at radius 1 is 0.887 bits per heavy atom. The lowest BCUT2D eigenvalue weighted by Gasteiger charge is -2.54. The second kappa shape index (κ2) is 18.4. The molecule has 71 heavy (non-hydrogen) atoms. The summed E-state index contributed by atoms with van der Waals surface area (Å²) in [5, 5.41) is 29.1. The molecule has 7 aliphatic rings. The summed E-state index contributed by atoms with van der Waals surface area (Å²) in [4.78, 5) is 24.9. The summed E-state index contributed by atoms with van der Waals surface area (Å²) < 4.78 is 10.8. The third-order valence-corrected chi connectivity index (χ3v) is 18.6. The number of piperidine rings is 2. The Hall–Kier alpha value is -5.65. The zero-order chi connectivity index (χ0) is 48.6. The van der Waals surface area contributed by atoms with Crippen LogP contribution in [0.15, 0.2) is 54.9 Å². The minimum Gasteiger partial charge on any atom is -0.473 e. The fourth-order valence-corrected chi connectivity index (χ4v) is 14.4. The van der Waals surface area contributed by atoms with Gasteiger partial charge in [0, 0.05) is 106 Å². The van der Waals surface area contributed by atoms with Crippen LogP contribution in [0, 0.1) is 29.1 Å². The number of aromatic nitrogens is 6. The molecular formula is C56H69ClN12O2. The monoisotopic (exact) mass is 977 g/mol. The van der Waals surface area contributed by atoms with Gasteiger partial charge in [-0.1, -0.05) is 11.6 Å². The smallest absolute Gasteiger partial charge is 0.233 e. The molecule has 5 fully saturated rings. The van der Waals surface area contributed by atoms with Gasteiger partial charge >= 0.3 is 0 Å². The fourth-order valence-electron chi connectivity index (χ4n) is 14.2. The molecule has 2 aromatic carbocycles. The Kier molecular flexibility index (Phi) is 12.1. The number of anilines is 4. The first-order valence-corrected chi connectivity index (χ1v) is 27.0. The highest BCUT2D eigenvalue weighted by Crippen LogP contribution is 2.56. The van der Waals surface area contributed by atoms with Crippen molar-refractivity contribution >= 4 is 40.5 Å². The molecule has 0 unspecified atom stereocenters. The lowest BCUT2D eigenvalue weighted by molar-refractivity contribution is -0.129. The number of halogens is 1. The first-order valence-electron chi connectivity index (χ1n) is 26.6. The molecule has 14 nitrogen and oxygen atoms in total. The quantitative estimate of drug-likeness (QED) is 0.148. The van der Waals surface area contributed by atoms with E-state index in [2.05, 4.69) is 83.9 Å². The Labute approximate surface area is 423 Å². The number of ether oxygens (including phenoxy) is 1. The number of nitrogens with zero attached hydrogens (tertiary/aromatic N) is 12. The average molecular weight is 978 g/mol. The number of hydrogen-bond acceptors (Lipinski definition) is 11. The van der Waals surface area contributed by atoms with Gasteiger partial charge < -0.3 is 29.2 Å². The van der Waals surface area contributed by atoms with Crippen molar-refractivity contribution in [1.82, 2.24) is 39.6 Å². The number of benzene rings is 2. The standard InChI is InChI=1S/C56H69ClN12O2/c1-37-26-51-40(27-47(37)42-33-59-63(4)34-42)6-5-20-67(51)54-48-35-66(39(3)70)21-15-50(48)69(62-54)45-30-55(31-45)16-22-64(23-17-55)43-9-11-46(12-10-43)71-53-14-13-52(60-61-53)65-24-18-56(19-25-65)29-38(2)68(36-56)44-8-7-41(32-58)49(57)28-44/h7-8,13-14,26-28,33-34,38,43,45-46H,5-6,9-12,15-25,29-31,35-36H2,1-4H3/t38-,43?,46?/m0/s1. The molecule has 3 aromatic heterocycles. The van der Waals surface area contributed by atoms with Gasteiger partial charge in [0.15, 0.2) is 11.6 Å². The summed E-state index contributed by atoms with van der Waals surface area (Å²) >= 11 is 6.42. The molecule has 5 aromatic rings. The minimum atomic E-state index is 0.143. The van der Waals surface area contributed by atoms with Crippen LogP contribution in [0.5, 0.6) is 5.88 Å². The second-order valence-corrected chi connectivity index (χ2v) is 23.1. The van der Waals surface area contributed by atoms with Gasteiger partial charge in [0.05, 0.1) is 29.4 Å². The van der Waals surface area contributed by atoms with Crippen molar-refractivity contribution in [3.8, 4) is 23.1 Å². The van der Waals surface area contributed by atoms with Crippen molar-refractivity contribution in [2.75, 3.05) is 60.5 Å². The Bertz CT molecular complexity index is 2840. The van der Waals surface area contributed by atoms with Gasteiger partial charge in [-0.25, -0.2) is 0 Å². The maximum atomic E-state index is 12.7. The van der Waals surface area contributed by atoms with Gasteiger partial charge in [-0.05, 0) is 174 Å². The van der Waals surface area contributed by atoms with E-state index >= 15 is 0 Å². The number of rotatable bonds is 8. The molecule has 12 rings (SSSR count). The minimum absolute atomic E-state index is 0.143. The molecule has 2 aliphatic carbocycles. The van der Waals surface area contributed by atoms with E-state index in [4.69, 9.17) is 21.4 Å². The molecule has 1 amide bonds. The Morgan fingerprint density at radius 3 is 2.38 bits per heavy atom. The average Bonchev–Trinajstić information content (AvgIpc) is 4.07. The van der Waals surface area contributed by atoms with E-state index in [1.54, 1.807) is 6.92 Å². The number of carbonyl (C=O) groups excluding carboxylic acids is 1. The summed E-state index contributed by atoms with van der Waals surface area (Å²) in [7, 11) is 1.98. The van der Waals surface area contributed by atoms with E-state index in [9.17, 15) is 10.1 Å². The third-order valence-electron chi connectivity index (χ3n) is 18.3. The number of aryl methyl sites for hydroxylation is 3. The second-order valence-electron chi connectivity index (χ2n) is 22.7. The number of carbonyl (C=O) groups is 1. The van der Waals surface area contributed by atoms with E-state index in [-0.39, 0.29) is 17.4 Å². The maximum absolute atomic E-state index is 12.7. The molecule has 2 saturated carbocycles. The summed E-state index contributed by atoms with van der Waals surface area (Å²) in [6.07, 6.45) is 20.0. The van der Waals surface area contributed by atoms with Gasteiger partial charge in [0.2, 0.25) is 11.8 Å². The predicted octanol–water partition coefficient (Wildman–Crippen LogP) is 9.59. The van der Waals surface area contributed by atoms with E-state index in [1.807, 2.05) is 47.1 Å². The van der Waals surface area contributed by atoms with E-state index < -0.39 is 0 Å². The number of hydrogen-bond donors (Lipinski definition) is 0. The maximum Gasteiger partial charge on any atom is 0.233 e. The molecular weight excluding hydrogens is 908 g/mol. The van der Waals surface area contributed by atoms with E-state index in [1.165, 1.54) is 85.2 Å². The number of amides is 1. The van der Waals surface area contributed by atoms with Crippen LogP contribution in [0.4, 0.5) is 23.0 Å². The van der Waals surface area contributed by atoms with Gasteiger partial charge in [0.1, 0.15) is 12.2 Å². The first-order chi connectivity index (χ1) is 34.4. The highest BCUT2D eigenvalue weighted by molar-refractivity contribution is 6.32. The van der Waals surface area contributed by atoms with Gasteiger partial charge in [-0.3, -0.25) is 14.2 Å². The number of nitriles is 1. The molecule has 8 heterocycles. The predicted molar refractivity (Wildman–Crippen MR) is 277 cm³/mol. The SMILES string of the molecule is CC(=O)N1CCc2c(c(N3CCCc4cc(-c5cnn(C)c5)c(C)cc43)nn2C2CC3(CCN(C4CCC(Oc5ccc(N6CCC7(CC6)C[C@H](C)N(c6ccc(C#N)c(Cl)c6)C7)nn5)CC4)CC3)C2)C1. The lowest BCUT2D eigenvalue weighted by atomic mass is 9.60. The van der Waals surface area contributed by atoms with Crippen molar-refractivity contribution < 1.29 is 9.53 Å². The van der Waals surface area contributed by atoms with Crippen LogP contribution in [-0.2, 0) is 31.2 Å². The normalized spacial score (nSPS) is 24.2. The highest BCUT2D eigenvalue weighted by atomic mass is 35.5. The topological polar surface area (TPSA) is 128 Å². The zero-order valence-corrected chi connectivity index (χ0v) is 42.9. The van der Waals surface area contributed by atoms with Crippen LogP contribution in [0.3, 0.4) is 0 Å². The van der Waals surface area contributed by atoms with Crippen LogP contribution >= 0.6 is 11.6 Å². The molecule has 1 atom stereocenters. The van der Waals surface area contributed by atoms with Gasteiger partial charge in [0.25, 0.3) is 0 Å². The highest BCUT2D eigenvalue weighted by Gasteiger charge is 2.49. The zero-order valence-electron chi connectivity index (χ0n) is 42.1. The van der Waals surface area contributed by atoms with Crippen molar-refractivity contribution in [1.29, 1.82) is 5.26 Å². The Morgan fingerprint density at radius 2 is 1.68 bits per heavy atom. The molecule has 0 N–H and O–H groups in total. The number of fused-ring (bicyclic) bond motifs is 2. The molecule has 2 spiro atoms.